The van der Waals surface area contributed by atoms with Gasteiger partial charge >= 0.3 is 0 Å². The van der Waals surface area contributed by atoms with Crippen molar-refractivity contribution in [3.63, 3.8) is 0 Å². The number of hydrogen-bond donors (Lipinski definition) is 1. The van der Waals surface area contributed by atoms with E-state index in [0.717, 1.165) is 17.4 Å². The van der Waals surface area contributed by atoms with E-state index in [0.29, 0.717) is 26.2 Å². The molecule has 0 fully saturated rings. The molecule has 0 radical (unpaired) electrons. The molecular weight excluding hydrogens is 402 g/mol. The van der Waals surface area contributed by atoms with E-state index in [4.69, 9.17) is 8.92 Å². The Morgan fingerprint density at radius 2 is 1.57 bits per heavy atom. The van der Waals surface area contributed by atoms with Crippen molar-refractivity contribution in [2.24, 2.45) is 5.41 Å². The number of aliphatic hydroxyl groups excluding tert-OH is 1. The van der Waals surface area contributed by atoms with Gasteiger partial charge in [-0.25, -0.2) is 0 Å². The lowest BCUT2D eigenvalue weighted by atomic mass is 9.93. The monoisotopic (exact) mass is 435 g/mol. The van der Waals surface area contributed by atoms with E-state index in [1.807, 2.05) is 74.5 Å². The van der Waals surface area contributed by atoms with Gasteiger partial charge in [0, 0.05) is 25.0 Å². The molecule has 0 aliphatic rings. The summed E-state index contributed by atoms with van der Waals surface area (Å²) in [5.74, 6) is 0. The SMILES string of the molecule is CC(C)(COS(C)(=O)=O)CN(Cc1ccccc1)CC(O)COCc1ccccc1. The molecule has 1 unspecified atom stereocenters. The lowest BCUT2D eigenvalue weighted by Crippen LogP contribution is -2.42. The first-order valence-corrected chi connectivity index (χ1v) is 11.8. The van der Waals surface area contributed by atoms with Gasteiger partial charge < -0.3 is 9.84 Å². The van der Waals surface area contributed by atoms with Crippen LogP contribution in [0.4, 0.5) is 0 Å². The lowest BCUT2D eigenvalue weighted by Gasteiger charge is -2.33. The van der Waals surface area contributed by atoms with Gasteiger partial charge in [-0.1, -0.05) is 74.5 Å². The van der Waals surface area contributed by atoms with Crippen molar-refractivity contribution in [3.8, 4) is 0 Å². The molecule has 1 N–H and O–H groups in total. The van der Waals surface area contributed by atoms with Crippen molar-refractivity contribution < 1.29 is 22.4 Å². The van der Waals surface area contributed by atoms with Gasteiger partial charge in [0.2, 0.25) is 0 Å². The summed E-state index contributed by atoms with van der Waals surface area (Å²) in [5.41, 5.74) is 1.77. The Bertz CT molecular complexity index is 840. The summed E-state index contributed by atoms with van der Waals surface area (Å²) in [7, 11) is -3.50. The average molecular weight is 436 g/mol. The largest absolute Gasteiger partial charge is 0.389 e. The molecule has 0 saturated carbocycles. The maximum Gasteiger partial charge on any atom is 0.264 e. The molecule has 30 heavy (non-hydrogen) atoms. The zero-order valence-corrected chi connectivity index (χ0v) is 18.8. The second-order valence-electron chi connectivity index (χ2n) is 8.44. The van der Waals surface area contributed by atoms with Gasteiger partial charge in [0.25, 0.3) is 10.1 Å². The first-order chi connectivity index (χ1) is 14.1. The van der Waals surface area contributed by atoms with Gasteiger partial charge in [-0.15, -0.1) is 0 Å². The minimum absolute atomic E-state index is 0.0811. The van der Waals surface area contributed by atoms with Gasteiger partial charge in [-0.3, -0.25) is 9.08 Å². The van der Waals surface area contributed by atoms with Gasteiger partial charge in [-0.2, -0.15) is 8.42 Å². The quantitative estimate of drug-likeness (QED) is 0.488. The lowest BCUT2D eigenvalue weighted by molar-refractivity contribution is -0.000392. The van der Waals surface area contributed by atoms with Crippen molar-refractivity contribution in [2.45, 2.75) is 33.1 Å². The fraction of sp³-hybridized carbons (Fsp3) is 0.478. The van der Waals surface area contributed by atoms with E-state index < -0.39 is 21.6 Å². The minimum Gasteiger partial charge on any atom is -0.389 e. The van der Waals surface area contributed by atoms with E-state index >= 15 is 0 Å². The van der Waals surface area contributed by atoms with E-state index in [-0.39, 0.29) is 13.2 Å². The van der Waals surface area contributed by atoms with Crippen LogP contribution >= 0.6 is 0 Å². The average Bonchev–Trinajstić information content (AvgIpc) is 2.67. The standard InChI is InChI=1S/C23H33NO5S/c1-23(2,19-29-30(3,26)27)18-24(14-20-10-6-4-7-11-20)15-22(25)17-28-16-21-12-8-5-9-13-21/h4-13,22,25H,14-19H2,1-3H3. The summed E-state index contributed by atoms with van der Waals surface area (Å²) in [6.45, 7) is 6.27. The summed E-state index contributed by atoms with van der Waals surface area (Å²) >= 11 is 0. The number of ether oxygens (including phenoxy) is 1. The van der Waals surface area contributed by atoms with Crippen LogP contribution in [0.5, 0.6) is 0 Å². The van der Waals surface area contributed by atoms with Crippen LogP contribution in [0.1, 0.15) is 25.0 Å². The maximum absolute atomic E-state index is 11.4. The molecule has 0 spiro atoms. The molecule has 2 aromatic rings. The third-order valence-corrected chi connectivity index (χ3v) is 5.00. The van der Waals surface area contributed by atoms with Crippen molar-refractivity contribution >= 4 is 10.1 Å². The summed E-state index contributed by atoms with van der Waals surface area (Å²) in [6, 6.07) is 19.8. The highest BCUT2D eigenvalue weighted by Crippen LogP contribution is 2.20. The van der Waals surface area contributed by atoms with Crippen molar-refractivity contribution in [1.29, 1.82) is 0 Å². The van der Waals surface area contributed by atoms with Crippen molar-refractivity contribution in [3.05, 3.63) is 71.8 Å². The Morgan fingerprint density at radius 3 is 2.13 bits per heavy atom. The Hall–Kier alpha value is -1.77. The predicted octanol–water partition coefficient (Wildman–Crippen LogP) is 3.07. The molecule has 2 rings (SSSR count). The van der Waals surface area contributed by atoms with E-state index in [1.165, 1.54) is 0 Å². The molecule has 0 bridgehead atoms. The van der Waals surface area contributed by atoms with Crippen LogP contribution in [0.2, 0.25) is 0 Å². The second-order valence-corrected chi connectivity index (χ2v) is 10.1. The molecule has 0 aromatic heterocycles. The molecule has 0 amide bonds. The van der Waals surface area contributed by atoms with Gasteiger partial charge in [0.15, 0.2) is 0 Å². The van der Waals surface area contributed by atoms with Crippen LogP contribution in [0, 0.1) is 5.41 Å². The smallest absolute Gasteiger partial charge is 0.264 e. The van der Waals surface area contributed by atoms with Crippen LogP contribution in [-0.2, 0) is 32.2 Å². The third kappa shape index (κ3) is 10.3. The van der Waals surface area contributed by atoms with Crippen LogP contribution in [0.25, 0.3) is 0 Å². The first kappa shape index (κ1) is 24.5. The molecule has 2 aromatic carbocycles. The second kappa shape index (κ2) is 11.6. The molecule has 7 heteroatoms. The number of benzene rings is 2. The summed E-state index contributed by atoms with van der Waals surface area (Å²) in [6.07, 6.45) is 0.391. The molecule has 1 atom stereocenters. The number of hydrogen-bond acceptors (Lipinski definition) is 6. The Balaban J connectivity index is 1.94. The highest BCUT2D eigenvalue weighted by Gasteiger charge is 2.25. The highest BCUT2D eigenvalue weighted by molar-refractivity contribution is 7.85. The Kier molecular flexibility index (Phi) is 9.45. The third-order valence-electron chi connectivity index (χ3n) is 4.46. The fourth-order valence-electron chi connectivity index (χ4n) is 3.18. The van der Waals surface area contributed by atoms with Crippen LogP contribution in [0.15, 0.2) is 60.7 Å². The number of nitrogens with zero attached hydrogens (tertiary/aromatic N) is 1. The minimum atomic E-state index is -3.50. The Morgan fingerprint density at radius 1 is 1.00 bits per heavy atom. The first-order valence-electron chi connectivity index (χ1n) is 10.0. The van der Waals surface area contributed by atoms with Gasteiger partial charge in [-0.05, 0) is 11.1 Å². The number of rotatable bonds is 13. The predicted molar refractivity (Wildman–Crippen MR) is 118 cm³/mol. The van der Waals surface area contributed by atoms with Crippen LogP contribution < -0.4 is 0 Å². The number of aliphatic hydroxyl groups is 1. The van der Waals surface area contributed by atoms with E-state index in [1.54, 1.807) is 0 Å². The molecule has 0 aliphatic heterocycles. The maximum atomic E-state index is 11.4. The summed E-state index contributed by atoms with van der Waals surface area (Å²) < 4.78 is 33.4. The Labute approximate surface area is 180 Å². The van der Waals surface area contributed by atoms with Gasteiger partial charge in [0.05, 0.1) is 32.2 Å². The molecule has 0 saturated heterocycles. The van der Waals surface area contributed by atoms with Gasteiger partial charge in [0.1, 0.15) is 0 Å². The zero-order chi connectivity index (χ0) is 22.0. The fourth-order valence-corrected chi connectivity index (χ4v) is 3.72. The topological polar surface area (TPSA) is 76.1 Å². The van der Waals surface area contributed by atoms with Crippen molar-refractivity contribution in [1.82, 2.24) is 4.90 Å². The highest BCUT2D eigenvalue weighted by atomic mass is 32.2. The zero-order valence-electron chi connectivity index (χ0n) is 18.0. The molecular formula is C23H33NO5S. The van der Waals surface area contributed by atoms with Crippen molar-refractivity contribution in [2.75, 3.05) is 32.6 Å². The molecule has 166 valence electrons. The van der Waals surface area contributed by atoms with Crippen LogP contribution in [-0.4, -0.2) is 57.1 Å². The normalized spacial score (nSPS) is 13.5. The molecule has 6 nitrogen and oxygen atoms in total. The molecule has 0 aliphatic carbocycles. The van der Waals surface area contributed by atoms with E-state index in [2.05, 4.69) is 4.90 Å². The molecule has 0 heterocycles. The van der Waals surface area contributed by atoms with Crippen LogP contribution in [0.3, 0.4) is 0 Å². The summed E-state index contributed by atoms with van der Waals surface area (Å²) in [4.78, 5) is 2.11. The summed E-state index contributed by atoms with van der Waals surface area (Å²) in [5, 5.41) is 10.5. The van der Waals surface area contributed by atoms with E-state index in [9.17, 15) is 13.5 Å².